The third-order valence-electron chi connectivity index (χ3n) is 7.62. The van der Waals surface area contributed by atoms with E-state index in [1.165, 1.54) is 6.07 Å². The summed E-state index contributed by atoms with van der Waals surface area (Å²) >= 11 is 0. The molecule has 38 heavy (non-hydrogen) atoms. The predicted molar refractivity (Wildman–Crippen MR) is 133 cm³/mol. The molecule has 6 rings (SSSR count). The number of hydrogen-bond donors (Lipinski definition) is 0. The van der Waals surface area contributed by atoms with Gasteiger partial charge in [-0.3, -0.25) is 4.90 Å². The van der Waals surface area contributed by atoms with Gasteiger partial charge in [0, 0.05) is 5.92 Å². The zero-order chi connectivity index (χ0) is 26.4. The Hall–Kier alpha value is -3.65. The number of amides is 1. The van der Waals surface area contributed by atoms with Crippen LogP contribution >= 0.6 is 0 Å². The number of benzene rings is 3. The van der Waals surface area contributed by atoms with E-state index in [9.17, 15) is 22.4 Å². The minimum atomic E-state index is -4.60. The van der Waals surface area contributed by atoms with Crippen LogP contribution in [-0.2, 0) is 22.1 Å². The normalized spacial score (nSPS) is 20.5. The molecule has 1 amide bonds. The number of rotatable bonds is 4. The van der Waals surface area contributed by atoms with Crippen LogP contribution in [0.1, 0.15) is 34.6 Å². The second kappa shape index (κ2) is 9.58. The molecule has 1 aliphatic carbocycles. The van der Waals surface area contributed by atoms with Crippen LogP contribution in [0.3, 0.4) is 0 Å². The third kappa shape index (κ3) is 4.47. The lowest BCUT2D eigenvalue weighted by Gasteiger charge is -2.44. The molecule has 4 nitrogen and oxygen atoms in total. The van der Waals surface area contributed by atoms with Crippen molar-refractivity contribution in [2.45, 2.75) is 37.0 Å². The lowest BCUT2D eigenvalue weighted by molar-refractivity contribution is -0.137. The lowest BCUT2D eigenvalue weighted by Crippen LogP contribution is -2.56. The number of carbonyl (C=O) groups is 1. The highest BCUT2D eigenvalue weighted by Gasteiger charge is 2.40. The summed E-state index contributed by atoms with van der Waals surface area (Å²) in [4.78, 5) is 15.0. The fourth-order valence-electron chi connectivity index (χ4n) is 5.88. The number of hydrogen-bond acceptors (Lipinski definition) is 3. The van der Waals surface area contributed by atoms with E-state index in [1.54, 1.807) is 4.90 Å². The van der Waals surface area contributed by atoms with Gasteiger partial charge >= 0.3 is 12.3 Å². The molecule has 3 aromatic rings. The minimum Gasteiger partial charge on any atom is -0.448 e. The van der Waals surface area contributed by atoms with Crippen molar-refractivity contribution in [3.05, 3.63) is 106 Å². The van der Waals surface area contributed by atoms with Crippen molar-refractivity contribution in [1.29, 1.82) is 0 Å². The van der Waals surface area contributed by atoms with Crippen molar-refractivity contribution >= 4 is 6.09 Å². The summed E-state index contributed by atoms with van der Waals surface area (Å²) in [6.07, 6.45) is -2.56. The predicted octanol–water partition coefficient (Wildman–Crippen LogP) is 6.74. The van der Waals surface area contributed by atoms with Crippen LogP contribution in [0.5, 0.6) is 0 Å². The minimum absolute atomic E-state index is 0.0546. The highest BCUT2D eigenvalue weighted by atomic mass is 19.4. The summed E-state index contributed by atoms with van der Waals surface area (Å²) in [7, 11) is 0. The third-order valence-corrected chi connectivity index (χ3v) is 7.62. The van der Waals surface area contributed by atoms with Crippen molar-refractivity contribution in [3.63, 3.8) is 0 Å². The summed E-state index contributed by atoms with van der Waals surface area (Å²) < 4.78 is 64.7. The molecular formula is C30H25F4NO3. The first kappa shape index (κ1) is 24.7. The van der Waals surface area contributed by atoms with Gasteiger partial charge in [-0.25, -0.2) is 9.18 Å². The summed E-state index contributed by atoms with van der Waals surface area (Å²) in [5.41, 5.74) is 4.60. The van der Waals surface area contributed by atoms with Gasteiger partial charge < -0.3 is 9.47 Å². The maximum absolute atomic E-state index is 14.5. The number of alkyl halides is 3. The Morgan fingerprint density at radius 1 is 0.974 bits per heavy atom. The van der Waals surface area contributed by atoms with E-state index >= 15 is 0 Å². The SMILES string of the molecule is O=C(OCC1c2ccccc2-c2ccccc21)N1C2C=C(Cc3ccc(C(F)(F)F)cc3F)CC1COC2. The van der Waals surface area contributed by atoms with E-state index in [0.717, 1.165) is 33.9 Å². The Balaban J connectivity index is 1.17. The van der Waals surface area contributed by atoms with Gasteiger partial charge in [0.25, 0.3) is 0 Å². The number of carbonyl (C=O) groups excluding carboxylic acids is 1. The number of ether oxygens (including phenoxy) is 2. The first-order valence-corrected chi connectivity index (χ1v) is 12.6. The van der Waals surface area contributed by atoms with Gasteiger partial charge in [0.2, 0.25) is 0 Å². The van der Waals surface area contributed by atoms with E-state index in [-0.39, 0.29) is 43.2 Å². The standard InChI is InChI=1S/C30H25F4NO3/c31-28-14-20(30(32,33)34)10-9-19(28)11-18-12-21-15-37-16-22(13-18)35(21)29(36)38-17-27-25-7-3-1-5-23(25)24-6-2-4-8-26(24)27/h1-10,12,14,21-22,27H,11,13,15-17H2. The van der Waals surface area contributed by atoms with Crippen molar-refractivity contribution in [1.82, 2.24) is 4.90 Å². The molecule has 2 heterocycles. The van der Waals surface area contributed by atoms with Crippen molar-refractivity contribution in [2.75, 3.05) is 19.8 Å². The van der Waals surface area contributed by atoms with E-state index < -0.39 is 23.7 Å². The Labute approximate surface area is 217 Å². The van der Waals surface area contributed by atoms with E-state index in [4.69, 9.17) is 9.47 Å². The van der Waals surface area contributed by atoms with Crippen LogP contribution in [0.2, 0.25) is 0 Å². The monoisotopic (exact) mass is 523 g/mol. The Bertz CT molecular complexity index is 1370. The molecule has 2 aliphatic heterocycles. The average Bonchev–Trinajstić information content (AvgIpc) is 3.21. The van der Waals surface area contributed by atoms with E-state index in [0.29, 0.717) is 19.1 Å². The van der Waals surface area contributed by atoms with Gasteiger partial charge in [-0.15, -0.1) is 0 Å². The molecule has 3 aliphatic rings. The van der Waals surface area contributed by atoms with Gasteiger partial charge in [0.05, 0.1) is 30.9 Å². The zero-order valence-corrected chi connectivity index (χ0v) is 20.4. The fraction of sp³-hybridized carbons (Fsp3) is 0.300. The molecule has 0 saturated carbocycles. The Morgan fingerprint density at radius 2 is 1.66 bits per heavy atom. The van der Waals surface area contributed by atoms with Crippen LogP contribution in [0.15, 0.2) is 78.4 Å². The molecule has 0 radical (unpaired) electrons. The topological polar surface area (TPSA) is 38.8 Å². The first-order valence-electron chi connectivity index (χ1n) is 12.6. The molecule has 2 atom stereocenters. The Kier molecular flexibility index (Phi) is 6.22. The smallest absolute Gasteiger partial charge is 0.416 e. The van der Waals surface area contributed by atoms with Gasteiger partial charge in [-0.05, 0) is 52.8 Å². The zero-order valence-electron chi connectivity index (χ0n) is 20.4. The van der Waals surface area contributed by atoms with E-state index in [2.05, 4.69) is 24.3 Å². The summed E-state index contributed by atoms with van der Waals surface area (Å²) in [5.74, 6) is -0.943. The van der Waals surface area contributed by atoms with Crippen LogP contribution in [-0.4, -0.2) is 42.9 Å². The molecule has 1 fully saturated rings. The molecule has 2 bridgehead atoms. The fourth-order valence-corrected chi connectivity index (χ4v) is 5.88. The molecule has 2 unspecified atom stereocenters. The van der Waals surface area contributed by atoms with Gasteiger partial charge in [-0.2, -0.15) is 13.2 Å². The van der Waals surface area contributed by atoms with Crippen LogP contribution in [0.4, 0.5) is 22.4 Å². The molecule has 0 aromatic heterocycles. The van der Waals surface area contributed by atoms with Gasteiger partial charge in [0.15, 0.2) is 0 Å². The molecule has 3 aromatic carbocycles. The first-order chi connectivity index (χ1) is 18.3. The van der Waals surface area contributed by atoms with Gasteiger partial charge in [0.1, 0.15) is 12.4 Å². The number of morpholine rings is 1. The maximum Gasteiger partial charge on any atom is 0.416 e. The van der Waals surface area contributed by atoms with Gasteiger partial charge in [-0.1, -0.05) is 66.2 Å². The molecular weight excluding hydrogens is 498 g/mol. The highest BCUT2D eigenvalue weighted by Crippen LogP contribution is 2.44. The lowest BCUT2D eigenvalue weighted by atomic mass is 9.90. The average molecular weight is 524 g/mol. The van der Waals surface area contributed by atoms with Crippen LogP contribution in [0.25, 0.3) is 11.1 Å². The molecule has 196 valence electrons. The number of halogens is 4. The Morgan fingerprint density at radius 3 is 2.29 bits per heavy atom. The quantitative estimate of drug-likeness (QED) is 0.281. The second-order valence-electron chi connectivity index (χ2n) is 9.98. The molecule has 8 heteroatoms. The molecule has 0 N–H and O–H groups in total. The number of nitrogens with zero attached hydrogens (tertiary/aromatic N) is 1. The summed E-state index contributed by atoms with van der Waals surface area (Å²) in [6.45, 7) is 0.796. The van der Waals surface area contributed by atoms with Crippen molar-refractivity contribution in [2.24, 2.45) is 0 Å². The second-order valence-corrected chi connectivity index (χ2v) is 9.98. The summed E-state index contributed by atoms with van der Waals surface area (Å²) in [5, 5.41) is 0. The van der Waals surface area contributed by atoms with Crippen molar-refractivity contribution in [3.8, 4) is 11.1 Å². The summed E-state index contributed by atoms with van der Waals surface area (Å²) in [6, 6.07) is 18.2. The molecule has 0 spiro atoms. The van der Waals surface area contributed by atoms with E-state index in [1.807, 2.05) is 30.3 Å². The number of fused-ring (bicyclic) bond motifs is 5. The molecule has 1 saturated heterocycles. The van der Waals surface area contributed by atoms with Crippen LogP contribution in [0, 0.1) is 5.82 Å². The van der Waals surface area contributed by atoms with Crippen molar-refractivity contribution < 1.29 is 31.8 Å². The maximum atomic E-state index is 14.5. The highest BCUT2D eigenvalue weighted by molar-refractivity contribution is 5.79. The van der Waals surface area contributed by atoms with Crippen LogP contribution < -0.4 is 0 Å². The largest absolute Gasteiger partial charge is 0.448 e.